The van der Waals surface area contributed by atoms with Crippen molar-refractivity contribution in [1.82, 2.24) is 10.6 Å². The van der Waals surface area contributed by atoms with Gasteiger partial charge in [0, 0.05) is 15.7 Å². The number of carbonyl (C=O) groups is 1. The number of carbonyl (C=O) groups excluding carboxylic acids is 1. The molecule has 1 fully saturated rings. The number of rotatable bonds is 2. The standard InChI is InChI=1S/C13H16FIN2O.ClH/c1-8-11(6-3-7-16-8)17-13(18)12-9(14)4-2-5-10(12)15;/h2,4-5,8,11,16H,3,6-7H2,1H3,(H,17,18);1H. The van der Waals surface area contributed by atoms with E-state index in [0.717, 1.165) is 19.4 Å². The molecule has 1 aromatic rings. The molecule has 19 heavy (non-hydrogen) atoms. The number of benzene rings is 1. The maximum absolute atomic E-state index is 13.7. The SMILES string of the molecule is CC1NCCCC1NC(=O)c1c(F)cccc1I.Cl. The van der Waals surface area contributed by atoms with Crippen molar-refractivity contribution in [2.45, 2.75) is 31.8 Å². The molecule has 0 aliphatic carbocycles. The van der Waals surface area contributed by atoms with E-state index in [0.29, 0.717) is 3.57 Å². The molecule has 3 nitrogen and oxygen atoms in total. The minimum Gasteiger partial charge on any atom is -0.348 e. The number of nitrogens with one attached hydrogen (secondary N) is 2. The third kappa shape index (κ3) is 4.03. The topological polar surface area (TPSA) is 41.1 Å². The summed E-state index contributed by atoms with van der Waals surface area (Å²) in [4.78, 5) is 12.1. The van der Waals surface area contributed by atoms with Gasteiger partial charge >= 0.3 is 0 Å². The second-order valence-electron chi connectivity index (χ2n) is 4.56. The van der Waals surface area contributed by atoms with Crippen molar-refractivity contribution in [1.29, 1.82) is 0 Å². The summed E-state index contributed by atoms with van der Waals surface area (Å²) in [6.45, 7) is 3.02. The number of piperidine rings is 1. The minimum absolute atomic E-state index is 0. The Balaban J connectivity index is 0.00000180. The minimum atomic E-state index is -0.462. The summed E-state index contributed by atoms with van der Waals surface area (Å²) in [5.74, 6) is -0.783. The van der Waals surface area contributed by atoms with Crippen LogP contribution in [0.1, 0.15) is 30.1 Å². The molecule has 1 amide bonds. The van der Waals surface area contributed by atoms with Gasteiger partial charge in [-0.1, -0.05) is 6.07 Å². The summed E-state index contributed by atoms with van der Waals surface area (Å²) < 4.78 is 14.3. The van der Waals surface area contributed by atoms with Crippen LogP contribution in [0.2, 0.25) is 0 Å². The fourth-order valence-corrected chi connectivity index (χ4v) is 2.91. The molecule has 106 valence electrons. The molecule has 6 heteroatoms. The lowest BCUT2D eigenvalue weighted by Gasteiger charge is -2.30. The molecule has 2 atom stereocenters. The van der Waals surface area contributed by atoms with Gasteiger partial charge in [0.15, 0.2) is 0 Å². The molecule has 0 radical (unpaired) electrons. The molecule has 2 unspecified atom stereocenters. The zero-order valence-electron chi connectivity index (χ0n) is 10.6. The molecule has 1 aromatic carbocycles. The monoisotopic (exact) mass is 398 g/mol. The van der Waals surface area contributed by atoms with Crippen molar-refractivity contribution in [2.75, 3.05) is 6.54 Å². The predicted molar refractivity (Wildman–Crippen MR) is 84.3 cm³/mol. The lowest BCUT2D eigenvalue weighted by atomic mass is 9.99. The molecular formula is C13H17ClFIN2O. The highest BCUT2D eigenvalue weighted by atomic mass is 127. The van der Waals surface area contributed by atoms with Gasteiger partial charge in [-0.15, -0.1) is 12.4 Å². The first-order valence-corrected chi connectivity index (χ1v) is 7.15. The van der Waals surface area contributed by atoms with E-state index in [1.165, 1.54) is 6.07 Å². The Morgan fingerprint density at radius 1 is 1.53 bits per heavy atom. The fraction of sp³-hybridized carbons (Fsp3) is 0.462. The molecular weight excluding hydrogens is 382 g/mol. The van der Waals surface area contributed by atoms with Gasteiger partial charge in [0.2, 0.25) is 0 Å². The maximum atomic E-state index is 13.7. The summed E-state index contributed by atoms with van der Waals surface area (Å²) in [5.41, 5.74) is 0.149. The van der Waals surface area contributed by atoms with Crippen molar-refractivity contribution in [3.63, 3.8) is 0 Å². The van der Waals surface area contributed by atoms with Crippen LogP contribution in [0, 0.1) is 9.39 Å². The smallest absolute Gasteiger partial charge is 0.255 e. The maximum Gasteiger partial charge on any atom is 0.255 e. The van der Waals surface area contributed by atoms with E-state index in [4.69, 9.17) is 0 Å². The van der Waals surface area contributed by atoms with Gasteiger partial charge in [-0.25, -0.2) is 4.39 Å². The van der Waals surface area contributed by atoms with Crippen LogP contribution >= 0.6 is 35.0 Å². The van der Waals surface area contributed by atoms with E-state index in [2.05, 4.69) is 10.6 Å². The van der Waals surface area contributed by atoms with Crippen molar-refractivity contribution < 1.29 is 9.18 Å². The molecule has 0 bridgehead atoms. The predicted octanol–water partition coefficient (Wildman–Crippen LogP) is 2.72. The average Bonchev–Trinajstić information content (AvgIpc) is 2.32. The Bertz CT molecular complexity index is 438. The van der Waals surface area contributed by atoms with Crippen LogP contribution in [0.3, 0.4) is 0 Å². The third-order valence-electron chi connectivity index (χ3n) is 3.27. The highest BCUT2D eigenvalue weighted by molar-refractivity contribution is 14.1. The summed E-state index contributed by atoms with van der Waals surface area (Å²) >= 11 is 1.98. The Morgan fingerprint density at radius 2 is 2.26 bits per heavy atom. The van der Waals surface area contributed by atoms with E-state index in [-0.39, 0.29) is 36.0 Å². The molecule has 1 aliphatic rings. The fourth-order valence-electron chi connectivity index (χ4n) is 2.20. The van der Waals surface area contributed by atoms with Gasteiger partial charge in [-0.3, -0.25) is 4.79 Å². The summed E-state index contributed by atoms with van der Waals surface area (Å²) in [6.07, 6.45) is 1.97. The van der Waals surface area contributed by atoms with E-state index in [9.17, 15) is 9.18 Å². The lowest BCUT2D eigenvalue weighted by molar-refractivity contribution is 0.0915. The largest absolute Gasteiger partial charge is 0.348 e. The van der Waals surface area contributed by atoms with Crippen molar-refractivity contribution in [2.24, 2.45) is 0 Å². The quantitative estimate of drug-likeness (QED) is 0.752. The number of hydrogen-bond acceptors (Lipinski definition) is 2. The van der Waals surface area contributed by atoms with Crippen molar-refractivity contribution in [3.05, 3.63) is 33.1 Å². The second kappa shape index (κ2) is 7.40. The van der Waals surface area contributed by atoms with Gasteiger partial charge in [0.05, 0.1) is 5.56 Å². The molecule has 1 heterocycles. The number of halogens is 3. The summed E-state index contributed by atoms with van der Waals surface area (Å²) in [6, 6.07) is 4.97. The molecule has 2 N–H and O–H groups in total. The molecule has 2 rings (SSSR count). The van der Waals surface area contributed by atoms with Crippen LogP contribution in [0.4, 0.5) is 4.39 Å². The van der Waals surface area contributed by atoms with E-state index < -0.39 is 5.82 Å². The Kier molecular flexibility index (Phi) is 6.49. The van der Waals surface area contributed by atoms with Gasteiger partial charge in [-0.2, -0.15) is 0 Å². The molecule has 0 spiro atoms. The highest BCUT2D eigenvalue weighted by Crippen LogP contribution is 2.17. The van der Waals surface area contributed by atoms with Crippen LogP contribution in [-0.2, 0) is 0 Å². The molecule has 1 saturated heterocycles. The average molecular weight is 399 g/mol. The van der Waals surface area contributed by atoms with Crippen molar-refractivity contribution in [3.8, 4) is 0 Å². The zero-order chi connectivity index (χ0) is 13.1. The first kappa shape index (κ1) is 16.7. The van der Waals surface area contributed by atoms with Gasteiger partial charge in [0.1, 0.15) is 5.82 Å². The zero-order valence-corrected chi connectivity index (χ0v) is 13.6. The van der Waals surface area contributed by atoms with Gasteiger partial charge < -0.3 is 10.6 Å². The Morgan fingerprint density at radius 3 is 2.89 bits per heavy atom. The normalized spacial score (nSPS) is 22.5. The van der Waals surface area contributed by atoms with E-state index >= 15 is 0 Å². The van der Waals surface area contributed by atoms with Crippen LogP contribution in [0.25, 0.3) is 0 Å². The molecule has 0 aromatic heterocycles. The van der Waals surface area contributed by atoms with Crippen LogP contribution < -0.4 is 10.6 Å². The van der Waals surface area contributed by atoms with Crippen molar-refractivity contribution >= 4 is 40.9 Å². The Hall–Kier alpha value is -0.400. The third-order valence-corrected chi connectivity index (χ3v) is 4.17. The van der Waals surface area contributed by atoms with E-state index in [1.54, 1.807) is 12.1 Å². The lowest BCUT2D eigenvalue weighted by Crippen LogP contribution is -2.52. The first-order valence-electron chi connectivity index (χ1n) is 6.08. The molecule has 0 saturated carbocycles. The second-order valence-corrected chi connectivity index (χ2v) is 5.72. The van der Waals surface area contributed by atoms with Crippen LogP contribution in [-0.4, -0.2) is 24.5 Å². The number of hydrogen-bond donors (Lipinski definition) is 2. The van der Waals surface area contributed by atoms with Crippen LogP contribution in [0.5, 0.6) is 0 Å². The van der Waals surface area contributed by atoms with E-state index in [1.807, 2.05) is 29.5 Å². The number of amides is 1. The van der Waals surface area contributed by atoms with Gasteiger partial charge in [0.25, 0.3) is 5.91 Å². The highest BCUT2D eigenvalue weighted by Gasteiger charge is 2.24. The molecule has 1 aliphatic heterocycles. The first-order chi connectivity index (χ1) is 8.59. The summed E-state index contributed by atoms with van der Waals surface area (Å²) in [5, 5.41) is 6.23. The van der Waals surface area contributed by atoms with Crippen LogP contribution in [0.15, 0.2) is 18.2 Å². The summed E-state index contributed by atoms with van der Waals surface area (Å²) in [7, 11) is 0. The Labute approximate surface area is 132 Å². The van der Waals surface area contributed by atoms with Gasteiger partial charge in [-0.05, 0) is 61.0 Å².